The summed E-state index contributed by atoms with van der Waals surface area (Å²) in [5.41, 5.74) is 13.6. The van der Waals surface area contributed by atoms with Crippen LogP contribution in [0.2, 0.25) is 0 Å². The number of fused-ring (bicyclic) bond motifs is 3. The highest BCUT2D eigenvalue weighted by atomic mass is 16.7. The van der Waals surface area contributed by atoms with Crippen molar-refractivity contribution < 1.29 is 23.9 Å². The number of hydrogen-bond donors (Lipinski definition) is 8. The Bertz CT molecular complexity index is 2340. The number of guanidine groups is 1. The van der Waals surface area contributed by atoms with Crippen LogP contribution >= 0.6 is 0 Å². The first-order valence-electron chi connectivity index (χ1n) is 25.0. The van der Waals surface area contributed by atoms with Gasteiger partial charge in [0.15, 0.2) is 17.3 Å². The Morgan fingerprint density at radius 2 is 1.94 bits per heavy atom. The van der Waals surface area contributed by atoms with Gasteiger partial charge in [0.05, 0.1) is 25.5 Å². The second kappa shape index (κ2) is 21.2. The van der Waals surface area contributed by atoms with E-state index in [1.807, 2.05) is 56.6 Å². The van der Waals surface area contributed by atoms with Gasteiger partial charge in [-0.3, -0.25) is 14.6 Å². The average Bonchev–Trinajstić information content (AvgIpc) is 4.05. The van der Waals surface area contributed by atoms with Crippen LogP contribution in [0, 0.1) is 23.2 Å². The molecule has 3 aliphatic heterocycles. The number of nitrogens with zero attached hydrogens (tertiary/aromatic N) is 1. The molecule has 0 aromatic heterocycles. The number of Topliss-reactive ketones (excluding diaryl/α,β-unsaturated/α-hetero) is 2. The van der Waals surface area contributed by atoms with Crippen LogP contribution in [-0.2, 0) is 20.7 Å². The third kappa shape index (κ3) is 10.6. The van der Waals surface area contributed by atoms with Gasteiger partial charge in [0.25, 0.3) is 5.60 Å². The summed E-state index contributed by atoms with van der Waals surface area (Å²) in [7, 11) is 3.51. The molecule has 366 valence electrons. The zero-order valence-electron chi connectivity index (χ0n) is 40.8. The third-order valence-corrected chi connectivity index (χ3v) is 15.1. The van der Waals surface area contributed by atoms with Crippen LogP contribution in [0.4, 0.5) is 0 Å². The Morgan fingerprint density at radius 1 is 1.12 bits per heavy atom. The predicted octanol–water partition coefficient (Wildman–Crippen LogP) is 5.62. The smallest absolute Gasteiger partial charge is 0.350 e. The van der Waals surface area contributed by atoms with Crippen LogP contribution in [0.25, 0.3) is 0 Å². The maximum absolute atomic E-state index is 15.4. The number of rotatable bonds is 19. The molecule has 68 heavy (non-hydrogen) atoms. The van der Waals surface area contributed by atoms with Gasteiger partial charge in [-0.05, 0) is 124 Å². The van der Waals surface area contributed by atoms with Gasteiger partial charge in [-0.2, -0.15) is 0 Å². The van der Waals surface area contributed by atoms with E-state index in [4.69, 9.17) is 20.9 Å². The van der Waals surface area contributed by atoms with Crippen LogP contribution in [0.1, 0.15) is 118 Å². The van der Waals surface area contributed by atoms with Gasteiger partial charge < -0.3 is 52.8 Å². The summed E-state index contributed by atoms with van der Waals surface area (Å²) in [6.45, 7) is 8.50. The number of hydrogen-bond acceptors (Lipinski definition) is 12. The first-order valence-corrected chi connectivity index (χ1v) is 25.0. The van der Waals surface area contributed by atoms with Gasteiger partial charge in [-0.25, -0.2) is 4.79 Å². The number of carbonyl (C=O) groups is 3. The van der Waals surface area contributed by atoms with Crippen molar-refractivity contribution in [2.75, 3.05) is 40.5 Å². The van der Waals surface area contributed by atoms with Crippen molar-refractivity contribution in [1.29, 1.82) is 0 Å². The van der Waals surface area contributed by atoms with Crippen LogP contribution in [0.3, 0.4) is 0 Å². The maximum Gasteiger partial charge on any atom is 0.350 e. The van der Waals surface area contributed by atoms with E-state index in [0.717, 1.165) is 48.3 Å². The second-order valence-electron chi connectivity index (χ2n) is 20.9. The van der Waals surface area contributed by atoms with Gasteiger partial charge >= 0.3 is 5.97 Å². The SMILES string of the molecule is CN=C(N)NC(CC(C)=CCC12OC1(C(=O)OCC1CC3CCC=CC3=CC1NCC1CCCCC1)C(=O)c1c(CC(C)(C)CC3=CNC(N)C=C3)cccc1C2=O)C1=CCNC(NCNC)=C1. The van der Waals surface area contributed by atoms with Crippen molar-refractivity contribution in [3.63, 3.8) is 0 Å². The lowest BCUT2D eigenvalue weighted by Gasteiger charge is -2.37. The van der Waals surface area contributed by atoms with Gasteiger partial charge in [-0.1, -0.05) is 93.3 Å². The number of epoxide rings is 1. The molecular formula is C54H75N9O5. The molecule has 7 unspecified atom stereocenters. The standard InChI is InChI=1S/C54H75N9O5/c1-34(24-44(63-51(56)58-5)39-21-23-59-46(27-39)62-33-57-4)20-22-53-48(64)42-17-11-16-40(29-52(2,3)28-36-18-19-45(55)61-31-36)47(42)49(65)54(53,68-53)50(66)67-32-41-25-37-14-9-10-15-38(37)26-43(41)60-30-35-12-7-6-8-13-35/h10-11,15-21,26-27,31,35,37,41,43-45,57,59-62H,6-9,12-14,22-25,28-30,32-33,55H2,1-5H3,(H3,56,58,63). The molecule has 4 aliphatic carbocycles. The number of ketones is 2. The molecule has 1 aromatic carbocycles. The van der Waals surface area contributed by atoms with Crippen molar-refractivity contribution in [3.05, 3.63) is 118 Å². The summed E-state index contributed by atoms with van der Waals surface area (Å²) < 4.78 is 12.9. The number of carbonyl (C=O) groups excluding carboxylic acids is 3. The number of aliphatic imine (C=N–C) groups is 1. The molecule has 14 heteroatoms. The largest absolute Gasteiger partial charge is 0.463 e. The lowest BCUT2D eigenvalue weighted by Crippen LogP contribution is -2.51. The molecule has 0 spiro atoms. The summed E-state index contributed by atoms with van der Waals surface area (Å²) in [6, 6.07) is 5.19. The normalized spacial score (nSPS) is 28.6. The fourth-order valence-electron chi connectivity index (χ4n) is 11.4. The van der Waals surface area contributed by atoms with E-state index in [1.54, 1.807) is 13.1 Å². The Kier molecular flexibility index (Phi) is 15.3. The Hall–Kier alpha value is -5.28. The van der Waals surface area contributed by atoms with Crippen molar-refractivity contribution in [2.45, 2.75) is 127 Å². The van der Waals surface area contributed by atoms with Crippen molar-refractivity contribution in [2.24, 2.45) is 39.6 Å². The molecule has 0 radical (unpaired) electrons. The summed E-state index contributed by atoms with van der Waals surface area (Å²) in [5.74, 6) is 0.494. The summed E-state index contributed by atoms with van der Waals surface area (Å²) in [5, 5.41) is 20.2. The minimum absolute atomic E-state index is 0.00414. The molecule has 2 fully saturated rings. The Labute approximate surface area is 403 Å². The lowest BCUT2D eigenvalue weighted by molar-refractivity contribution is -0.150. The van der Waals surface area contributed by atoms with Gasteiger partial charge in [-0.15, -0.1) is 0 Å². The van der Waals surface area contributed by atoms with Crippen LogP contribution in [0.15, 0.2) is 106 Å². The highest BCUT2D eigenvalue weighted by molar-refractivity contribution is 6.33. The number of benzene rings is 1. The van der Waals surface area contributed by atoms with Crippen molar-refractivity contribution >= 4 is 23.5 Å². The summed E-state index contributed by atoms with van der Waals surface area (Å²) in [4.78, 5) is 49.8. The number of ether oxygens (including phenoxy) is 2. The molecule has 1 saturated carbocycles. The number of nitrogens with one attached hydrogen (secondary N) is 6. The number of nitrogens with two attached hydrogens (primary N) is 2. The molecule has 3 heterocycles. The molecule has 0 bridgehead atoms. The third-order valence-electron chi connectivity index (χ3n) is 15.1. The van der Waals surface area contributed by atoms with Crippen molar-refractivity contribution in [3.8, 4) is 0 Å². The van der Waals surface area contributed by atoms with Crippen molar-refractivity contribution in [1.82, 2.24) is 31.9 Å². The van der Waals surface area contributed by atoms with E-state index in [1.165, 1.54) is 37.7 Å². The first kappa shape index (κ1) is 49.2. The minimum Gasteiger partial charge on any atom is -0.463 e. The molecule has 1 aromatic rings. The quantitative estimate of drug-likeness (QED) is 0.0161. The molecule has 10 N–H and O–H groups in total. The molecule has 14 nitrogen and oxygen atoms in total. The predicted molar refractivity (Wildman–Crippen MR) is 268 cm³/mol. The molecule has 7 aliphatic rings. The van der Waals surface area contributed by atoms with Gasteiger partial charge in [0, 0.05) is 49.3 Å². The Balaban J connectivity index is 1.08. The van der Waals surface area contributed by atoms with Gasteiger partial charge in [0.2, 0.25) is 5.78 Å². The Morgan fingerprint density at radius 3 is 2.71 bits per heavy atom. The monoisotopic (exact) mass is 930 g/mol. The van der Waals surface area contributed by atoms with E-state index in [0.29, 0.717) is 55.8 Å². The fraction of sp³-hybridized carbons (Fsp3) is 0.556. The average molecular weight is 930 g/mol. The number of dihydropyridines is 2. The van der Waals surface area contributed by atoms with E-state index in [-0.39, 0.29) is 59.5 Å². The van der Waals surface area contributed by atoms with E-state index < -0.39 is 23.0 Å². The minimum atomic E-state index is -2.12. The maximum atomic E-state index is 15.4. The molecule has 7 atom stereocenters. The van der Waals surface area contributed by atoms with E-state index >= 15 is 14.4 Å². The molecule has 1 saturated heterocycles. The van der Waals surface area contributed by atoms with E-state index in [9.17, 15) is 0 Å². The highest BCUT2D eigenvalue weighted by Gasteiger charge is 2.85. The van der Waals surface area contributed by atoms with Crippen LogP contribution in [-0.4, -0.2) is 93.4 Å². The fourth-order valence-corrected chi connectivity index (χ4v) is 11.4. The highest BCUT2D eigenvalue weighted by Crippen LogP contribution is 2.59. The molecule has 8 rings (SSSR count). The zero-order chi connectivity index (χ0) is 48.1. The topological polar surface area (TPSA) is 210 Å². The van der Waals surface area contributed by atoms with Gasteiger partial charge in [0.1, 0.15) is 5.82 Å². The van der Waals surface area contributed by atoms with Crippen LogP contribution < -0.4 is 43.4 Å². The number of esters is 1. The first-order chi connectivity index (χ1) is 32.8. The number of allylic oxidation sites excluding steroid dienone is 5. The summed E-state index contributed by atoms with van der Waals surface area (Å²) in [6.07, 6.45) is 29.5. The van der Waals surface area contributed by atoms with E-state index in [2.05, 4.69) is 75.0 Å². The second-order valence-corrected chi connectivity index (χ2v) is 20.9. The lowest BCUT2D eigenvalue weighted by atomic mass is 9.69. The zero-order valence-corrected chi connectivity index (χ0v) is 40.8. The van der Waals surface area contributed by atoms with Crippen LogP contribution in [0.5, 0.6) is 0 Å². The molecule has 0 amide bonds. The summed E-state index contributed by atoms with van der Waals surface area (Å²) >= 11 is 0. The molecular weight excluding hydrogens is 855 g/mol.